The van der Waals surface area contributed by atoms with Crippen LogP contribution in [-0.4, -0.2) is 23.5 Å². The molecule has 21 heavy (non-hydrogen) atoms. The highest BCUT2D eigenvalue weighted by Crippen LogP contribution is 2.14. The number of hydrogen-bond acceptors (Lipinski definition) is 5. The van der Waals surface area contributed by atoms with Crippen molar-refractivity contribution in [2.24, 2.45) is 0 Å². The third-order valence-corrected chi connectivity index (χ3v) is 2.55. The Bertz CT molecular complexity index is 652. The Hall–Kier alpha value is -2.95. The summed E-state index contributed by atoms with van der Waals surface area (Å²) in [4.78, 5) is 27.8. The molecule has 1 aromatic carbocycles. The van der Waals surface area contributed by atoms with Crippen molar-refractivity contribution in [2.45, 2.75) is 0 Å². The molecule has 2 aromatic rings. The van der Waals surface area contributed by atoms with Crippen molar-refractivity contribution in [3.8, 4) is 5.75 Å². The number of hydrogen-bond donors (Lipinski definition) is 0. The highest BCUT2D eigenvalue weighted by molar-refractivity contribution is 6.03. The van der Waals surface area contributed by atoms with Crippen molar-refractivity contribution in [2.75, 3.05) is 6.61 Å². The van der Waals surface area contributed by atoms with Gasteiger partial charge < -0.3 is 9.47 Å². The zero-order valence-corrected chi connectivity index (χ0v) is 11.2. The van der Waals surface area contributed by atoms with Gasteiger partial charge in [0, 0.05) is 12.4 Å². The van der Waals surface area contributed by atoms with Crippen LogP contribution in [0.1, 0.15) is 20.7 Å². The Morgan fingerprint density at radius 3 is 2.57 bits per heavy atom. The Labute approximate surface area is 121 Å². The molecular formula is C16H13NO4. The van der Waals surface area contributed by atoms with E-state index in [-0.39, 0.29) is 17.7 Å². The number of benzene rings is 1. The van der Waals surface area contributed by atoms with Crippen molar-refractivity contribution < 1.29 is 19.1 Å². The third-order valence-electron chi connectivity index (χ3n) is 2.55. The zero-order valence-electron chi connectivity index (χ0n) is 11.2. The molecular weight excluding hydrogens is 270 g/mol. The molecule has 1 aromatic heterocycles. The molecule has 0 bridgehead atoms. The van der Waals surface area contributed by atoms with E-state index in [1.54, 1.807) is 30.3 Å². The number of pyridine rings is 1. The van der Waals surface area contributed by atoms with E-state index in [9.17, 15) is 9.59 Å². The first-order valence-corrected chi connectivity index (χ1v) is 6.21. The Morgan fingerprint density at radius 2 is 1.86 bits per heavy atom. The number of nitrogens with zero attached hydrogens (tertiary/aromatic N) is 1. The van der Waals surface area contributed by atoms with Crippen molar-refractivity contribution in [3.05, 3.63) is 72.6 Å². The maximum absolute atomic E-state index is 12.1. The molecule has 5 heteroatoms. The second-order valence-electron chi connectivity index (χ2n) is 4.01. The highest BCUT2D eigenvalue weighted by atomic mass is 16.5. The van der Waals surface area contributed by atoms with E-state index in [0.717, 1.165) is 0 Å². The van der Waals surface area contributed by atoms with Crippen LogP contribution in [0.4, 0.5) is 0 Å². The lowest BCUT2D eigenvalue weighted by Gasteiger charge is -2.08. The number of para-hydroxylation sites is 1. The molecule has 0 saturated carbocycles. The summed E-state index contributed by atoms with van der Waals surface area (Å²) in [6.07, 6.45) is 4.13. The van der Waals surface area contributed by atoms with E-state index in [2.05, 4.69) is 11.6 Å². The van der Waals surface area contributed by atoms with Crippen molar-refractivity contribution in [1.82, 2.24) is 4.98 Å². The Kier molecular flexibility index (Phi) is 4.82. The van der Waals surface area contributed by atoms with Crippen LogP contribution in [0.5, 0.6) is 5.75 Å². The van der Waals surface area contributed by atoms with Crippen LogP contribution < -0.4 is 4.74 Å². The molecule has 0 amide bonds. The summed E-state index contributed by atoms with van der Waals surface area (Å²) < 4.78 is 10.1. The quantitative estimate of drug-likeness (QED) is 0.479. The monoisotopic (exact) mass is 283 g/mol. The second kappa shape index (κ2) is 7.00. The molecule has 0 atom stereocenters. The number of rotatable bonds is 5. The molecule has 0 aliphatic rings. The van der Waals surface area contributed by atoms with Gasteiger partial charge in [-0.15, -0.1) is 0 Å². The maximum atomic E-state index is 12.1. The van der Waals surface area contributed by atoms with Gasteiger partial charge in [0.05, 0.1) is 11.1 Å². The average Bonchev–Trinajstić information content (AvgIpc) is 2.53. The predicted octanol–water partition coefficient (Wildman–Crippen LogP) is 2.64. The van der Waals surface area contributed by atoms with E-state index in [0.29, 0.717) is 5.75 Å². The van der Waals surface area contributed by atoms with Crippen LogP contribution in [0.25, 0.3) is 0 Å². The lowest BCUT2D eigenvalue weighted by atomic mass is 10.1. The SMILES string of the molecule is C=CCOC(=O)c1ccncc1C(=O)Oc1ccccc1. The van der Waals surface area contributed by atoms with Crippen LogP contribution in [0, 0.1) is 0 Å². The van der Waals surface area contributed by atoms with Gasteiger partial charge in [0.25, 0.3) is 0 Å². The van der Waals surface area contributed by atoms with Crippen LogP contribution in [-0.2, 0) is 4.74 Å². The predicted molar refractivity (Wildman–Crippen MR) is 76.1 cm³/mol. The Balaban J connectivity index is 2.21. The highest BCUT2D eigenvalue weighted by Gasteiger charge is 2.19. The number of ether oxygens (including phenoxy) is 2. The Morgan fingerprint density at radius 1 is 1.10 bits per heavy atom. The fourth-order valence-corrected chi connectivity index (χ4v) is 1.60. The van der Waals surface area contributed by atoms with Gasteiger partial charge in [-0.25, -0.2) is 9.59 Å². The first-order valence-electron chi connectivity index (χ1n) is 6.21. The summed E-state index contributed by atoms with van der Waals surface area (Å²) in [6.45, 7) is 3.52. The molecule has 0 fully saturated rings. The summed E-state index contributed by atoms with van der Waals surface area (Å²) in [7, 11) is 0. The lowest BCUT2D eigenvalue weighted by Crippen LogP contribution is -2.16. The van der Waals surface area contributed by atoms with E-state index < -0.39 is 11.9 Å². The topological polar surface area (TPSA) is 65.5 Å². The average molecular weight is 283 g/mol. The molecule has 106 valence electrons. The summed E-state index contributed by atoms with van der Waals surface area (Å²) in [5, 5.41) is 0. The van der Waals surface area contributed by atoms with Gasteiger partial charge in [-0.1, -0.05) is 30.9 Å². The molecule has 0 radical (unpaired) electrons. The largest absolute Gasteiger partial charge is 0.458 e. The van der Waals surface area contributed by atoms with Gasteiger partial charge in [-0.3, -0.25) is 4.98 Å². The number of esters is 2. The summed E-state index contributed by atoms with van der Waals surface area (Å²) >= 11 is 0. The van der Waals surface area contributed by atoms with Gasteiger partial charge in [0.2, 0.25) is 0 Å². The standard InChI is InChI=1S/C16H13NO4/c1-2-10-20-15(18)13-8-9-17-11-14(13)16(19)21-12-6-4-3-5-7-12/h2-9,11H,1,10H2. The van der Waals surface area contributed by atoms with Gasteiger partial charge in [-0.05, 0) is 18.2 Å². The number of carbonyl (C=O) groups is 2. The van der Waals surface area contributed by atoms with Gasteiger partial charge in [0.1, 0.15) is 12.4 Å². The zero-order chi connectivity index (χ0) is 15.1. The normalized spacial score (nSPS) is 9.71. The van der Waals surface area contributed by atoms with Crippen molar-refractivity contribution >= 4 is 11.9 Å². The smallest absolute Gasteiger partial charge is 0.345 e. The van der Waals surface area contributed by atoms with Gasteiger partial charge in [0.15, 0.2) is 0 Å². The molecule has 5 nitrogen and oxygen atoms in total. The molecule has 2 rings (SSSR count). The third kappa shape index (κ3) is 3.76. The van der Waals surface area contributed by atoms with Gasteiger partial charge >= 0.3 is 11.9 Å². The number of carbonyl (C=O) groups excluding carboxylic acids is 2. The first-order chi connectivity index (χ1) is 10.2. The maximum Gasteiger partial charge on any atom is 0.345 e. The van der Waals surface area contributed by atoms with Crippen molar-refractivity contribution in [3.63, 3.8) is 0 Å². The van der Waals surface area contributed by atoms with Crippen molar-refractivity contribution in [1.29, 1.82) is 0 Å². The fraction of sp³-hybridized carbons (Fsp3) is 0.0625. The van der Waals surface area contributed by atoms with Crippen LogP contribution in [0.2, 0.25) is 0 Å². The molecule has 0 aliphatic heterocycles. The van der Waals surface area contributed by atoms with Crippen LogP contribution in [0.15, 0.2) is 61.4 Å². The van der Waals surface area contributed by atoms with E-state index in [4.69, 9.17) is 9.47 Å². The fourth-order valence-electron chi connectivity index (χ4n) is 1.60. The minimum absolute atomic E-state index is 0.0513. The molecule has 0 spiro atoms. The summed E-state index contributed by atoms with van der Waals surface area (Å²) in [5.74, 6) is -0.908. The second-order valence-corrected chi connectivity index (χ2v) is 4.01. The molecule has 0 aliphatic carbocycles. The first kappa shape index (κ1) is 14.5. The molecule has 0 saturated heterocycles. The van der Waals surface area contributed by atoms with E-state index >= 15 is 0 Å². The minimum Gasteiger partial charge on any atom is -0.458 e. The van der Waals surface area contributed by atoms with E-state index in [1.807, 2.05) is 0 Å². The van der Waals surface area contributed by atoms with Crippen LogP contribution in [0.3, 0.4) is 0 Å². The van der Waals surface area contributed by atoms with E-state index in [1.165, 1.54) is 24.5 Å². The van der Waals surface area contributed by atoms with Gasteiger partial charge in [-0.2, -0.15) is 0 Å². The molecule has 0 unspecified atom stereocenters. The minimum atomic E-state index is -0.667. The number of aromatic nitrogens is 1. The summed E-state index contributed by atoms with van der Waals surface area (Å²) in [5.41, 5.74) is 0.156. The lowest BCUT2D eigenvalue weighted by molar-refractivity contribution is 0.0539. The van der Waals surface area contributed by atoms with Crippen LogP contribution >= 0.6 is 0 Å². The molecule has 0 N–H and O–H groups in total. The molecule has 1 heterocycles. The summed E-state index contributed by atoms with van der Waals surface area (Å²) in [6, 6.07) is 9.98.